The van der Waals surface area contributed by atoms with Gasteiger partial charge in [0.25, 0.3) is 0 Å². The van der Waals surface area contributed by atoms with E-state index in [1.807, 2.05) is 0 Å². The van der Waals surface area contributed by atoms with Crippen LogP contribution in [0.3, 0.4) is 0 Å². The fourth-order valence-electron chi connectivity index (χ4n) is 1.81. The number of hydrogen-bond acceptors (Lipinski definition) is 6. The predicted octanol–water partition coefficient (Wildman–Crippen LogP) is 1.90. The van der Waals surface area contributed by atoms with Crippen molar-refractivity contribution in [3.63, 3.8) is 0 Å². The minimum atomic E-state index is -5.91. The van der Waals surface area contributed by atoms with Crippen LogP contribution >= 0.6 is 0 Å². The van der Waals surface area contributed by atoms with Crippen molar-refractivity contribution in [3.05, 3.63) is 11.3 Å². The van der Waals surface area contributed by atoms with Gasteiger partial charge in [-0.25, -0.2) is 4.79 Å². The van der Waals surface area contributed by atoms with Crippen molar-refractivity contribution >= 4 is 22.2 Å². The first-order valence-corrected chi connectivity index (χ1v) is 8.39. The number of carbonyl (C=O) groups excluding carboxylic acids is 2. The second-order valence-electron chi connectivity index (χ2n) is 6.05. The molecule has 0 atom stereocenters. The fourth-order valence-corrected chi connectivity index (χ4v) is 2.35. The quantitative estimate of drug-likeness (QED) is 0.316. The maximum absolute atomic E-state index is 12.5. The Hall–Kier alpha value is -1.98. The van der Waals surface area contributed by atoms with Crippen LogP contribution in [0.15, 0.2) is 11.3 Å². The summed E-state index contributed by atoms with van der Waals surface area (Å²) in [7, 11) is -4.89. The summed E-state index contributed by atoms with van der Waals surface area (Å²) in [6, 6.07) is 0. The molecule has 144 valence electrons. The van der Waals surface area contributed by atoms with Crippen molar-refractivity contribution in [1.29, 1.82) is 0 Å². The number of esters is 1. The van der Waals surface area contributed by atoms with Gasteiger partial charge in [-0.1, -0.05) is 0 Å². The smallest absolute Gasteiger partial charge is 0.444 e. The van der Waals surface area contributed by atoms with Gasteiger partial charge in [-0.3, -0.25) is 0 Å². The molecule has 0 saturated carbocycles. The zero-order valence-corrected chi connectivity index (χ0v) is 14.8. The number of amides is 1. The summed E-state index contributed by atoms with van der Waals surface area (Å²) < 4.78 is 73.5. The molecule has 0 aromatic rings. The monoisotopic (exact) mass is 390 g/mol. The van der Waals surface area contributed by atoms with E-state index in [0.717, 1.165) is 12.0 Å². The van der Waals surface area contributed by atoms with E-state index in [1.165, 1.54) is 0 Å². The molecule has 0 aromatic heterocycles. The van der Waals surface area contributed by atoms with Gasteiger partial charge < -0.3 is 23.4 Å². The average Bonchev–Trinajstić information content (AvgIpc) is 2.43. The Balaban J connectivity index is 3.11. The maximum atomic E-state index is 12.5. The summed E-state index contributed by atoms with van der Waals surface area (Å²) >= 11 is 0. The highest BCUT2D eigenvalue weighted by atomic mass is 32.2. The van der Waals surface area contributed by atoms with Crippen LogP contribution in [-0.2, 0) is 23.8 Å². The Morgan fingerprint density at radius 1 is 1.24 bits per heavy atom. The molecule has 0 aromatic carbocycles. The molecule has 1 heterocycles. The average molecular weight is 390 g/mol. The molecule has 1 N–H and O–H groups in total. The first kappa shape index (κ1) is 21.1. The standard InChI is InChI=1S/C13H18F3NO7S/c1-12(2,3)23-11(19)17-6-5-9(8(7-17)10(18)22-4)24-25(20,21)13(14,15)16/h5-7H2,1-4H3/p+1. The molecule has 0 aliphatic carbocycles. The Labute approximate surface area is 142 Å². The highest BCUT2D eigenvalue weighted by molar-refractivity contribution is 7.87. The number of methoxy groups -OCH3 is 1. The van der Waals surface area contributed by atoms with Crippen molar-refractivity contribution in [2.45, 2.75) is 38.3 Å². The van der Waals surface area contributed by atoms with Gasteiger partial charge in [-0.05, 0) is 20.8 Å². The number of alkyl halides is 3. The molecule has 25 heavy (non-hydrogen) atoms. The van der Waals surface area contributed by atoms with Gasteiger partial charge in [-0.2, -0.15) is 21.6 Å². The van der Waals surface area contributed by atoms with Crippen molar-refractivity contribution in [2.75, 3.05) is 20.2 Å². The summed E-state index contributed by atoms with van der Waals surface area (Å²) in [6.45, 7) is 4.24. The maximum Gasteiger partial charge on any atom is 0.534 e. The van der Waals surface area contributed by atoms with E-state index >= 15 is 0 Å². The number of hydrogen-bond donors (Lipinski definition) is 0. The normalized spacial score (nSPS) is 16.5. The molecule has 0 fully saturated rings. The van der Waals surface area contributed by atoms with Crippen LogP contribution in [0, 0.1) is 0 Å². The number of halogens is 3. The number of carbonyl (C=O) groups is 1. The molecule has 0 saturated heterocycles. The summed E-state index contributed by atoms with van der Waals surface area (Å²) in [4.78, 5) is 22.8. The van der Waals surface area contributed by atoms with E-state index < -0.39 is 57.6 Å². The molecule has 1 aliphatic heterocycles. The third kappa shape index (κ3) is 5.51. The highest BCUT2D eigenvalue weighted by Gasteiger charge is 2.50. The van der Waals surface area contributed by atoms with Crippen molar-refractivity contribution in [1.82, 2.24) is 4.90 Å². The summed E-state index contributed by atoms with van der Waals surface area (Å²) in [6.07, 6.45) is -1.18. The van der Waals surface area contributed by atoms with E-state index in [2.05, 4.69) is 8.92 Å². The first-order valence-electron chi connectivity index (χ1n) is 6.99. The SMILES string of the molecule is COC(=[OH+])C1=C(OS(=O)(=O)C(F)(F)F)CCN(C(=O)OC(C)(C)C)C1. The summed E-state index contributed by atoms with van der Waals surface area (Å²) in [5, 5.41) is 0. The molecule has 0 bridgehead atoms. The van der Waals surface area contributed by atoms with Crippen LogP contribution in [-0.4, -0.2) is 61.5 Å². The van der Waals surface area contributed by atoms with Crippen molar-refractivity contribution in [2.24, 2.45) is 0 Å². The zero-order valence-electron chi connectivity index (χ0n) is 14.0. The molecule has 0 radical (unpaired) electrons. The molecule has 0 unspecified atom stereocenters. The minimum Gasteiger partial charge on any atom is -0.444 e. The molecular weight excluding hydrogens is 371 g/mol. The molecule has 0 spiro atoms. The Kier molecular flexibility index (Phi) is 5.98. The molecular formula is C13H19F3NO7S+. The molecule has 12 heteroatoms. The molecule has 1 amide bonds. The van der Waals surface area contributed by atoms with Gasteiger partial charge in [-0.15, -0.1) is 0 Å². The van der Waals surface area contributed by atoms with Crippen LogP contribution in [0.1, 0.15) is 27.2 Å². The summed E-state index contributed by atoms with van der Waals surface area (Å²) in [5.74, 6) is -1.52. The van der Waals surface area contributed by atoms with E-state index in [-0.39, 0.29) is 6.54 Å². The second kappa shape index (κ2) is 7.10. The highest BCUT2D eigenvalue weighted by Crippen LogP contribution is 2.30. The molecule has 1 aliphatic rings. The lowest BCUT2D eigenvalue weighted by molar-refractivity contribution is -0.0526. The van der Waals surface area contributed by atoms with Crippen molar-refractivity contribution in [3.8, 4) is 0 Å². The summed E-state index contributed by atoms with van der Waals surface area (Å²) in [5.41, 5.74) is -6.84. The van der Waals surface area contributed by atoms with E-state index in [1.54, 1.807) is 20.8 Å². The third-order valence-corrected chi connectivity index (χ3v) is 3.88. The molecule has 8 nitrogen and oxygen atoms in total. The van der Waals surface area contributed by atoms with Gasteiger partial charge in [0.2, 0.25) is 0 Å². The van der Waals surface area contributed by atoms with Crippen LogP contribution in [0.4, 0.5) is 18.0 Å². The van der Waals surface area contributed by atoms with Crippen molar-refractivity contribution < 1.29 is 44.8 Å². The van der Waals surface area contributed by atoms with Gasteiger partial charge in [0.1, 0.15) is 11.4 Å². The number of ether oxygens (including phenoxy) is 2. The zero-order chi connectivity index (χ0) is 19.6. The first-order chi connectivity index (χ1) is 11.2. The van der Waals surface area contributed by atoms with Gasteiger partial charge in [0.15, 0.2) is 12.7 Å². The van der Waals surface area contributed by atoms with Crippen LogP contribution in [0.25, 0.3) is 0 Å². The topological polar surface area (TPSA) is 104 Å². The van der Waals surface area contributed by atoms with Gasteiger partial charge in [0, 0.05) is 13.0 Å². The largest absolute Gasteiger partial charge is 0.534 e. The Morgan fingerprint density at radius 3 is 2.24 bits per heavy atom. The van der Waals surface area contributed by atoms with Gasteiger partial charge >= 0.3 is 27.7 Å². The Bertz CT molecular complexity index is 677. The lowest BCUT2D eigenvalue weighted by Gasteiger charge is -2.30. The third-order valence-electron chi connectivity index (χ3n) is 2.89. The number of rotatable bonds is 3. The predicted molar refractivity (Wildman–Crippen MR) is 79.5 cm³/mol. The van der Waals surface area contributed by atoms with Gasteiger partial charge in [0.05, 0.1) is 6.54 Å². The van der Waals surface area contributed by atoms with Crippen LogP contribution in [0.2, 0.25) is 0 Å². The lowest BCUT2D eigenvalue weighted by Crippen LogP contribution is -2.43. The van der Waals surface area contributed by atoms with E-state index in [9.17, 15) is 31.2 Å². The van der Waals surface area contributed by atoms with Crippen LogP contribution in [0.5, 0.6) is 0 Å². The second-order valence-corrected chi connectivity index (χ2v) is 7.58. The molecule has 1 rings (SSSR count). The van der Waals surface area contributed by atoms with Crippen LogP contribution < -0.4 is 0 Å². The minimum absolute atomic E-state index is 0.169. The fraction of sp³-hybridized carbons (Fsp3) is 0.692. The number of nitrogens with zero attached hydrogens (tertiary/aromatic N) is 1. The van der Waals surface area contributed by atoms with E-state index in [4.69, 9.17) is 4.74 Å². The Morgan fingerprint density at radius 2 is 1.80 bits per heavy atom. The lowest BCUT2D eigenvalue weighted by atomic mass is 10.1. The van der Waals surface area contributed by atoms with E-state index in [0.29, 0.717) is 0 Å².